The molecule has 0 bridgehead atoms. The molecule has 0 radical (unpaired) electrons. The summed E-state index contributed by atoms with van der Waals surface area (Å²) in [7, 11) is 1.68. The first-order valence-corrected chi connectivity index (χ1v) is 10.8. The molecule has 0 amide bonds. The maximum atomic E-state index is 5.35. The fraction of sp³-hybridized carbons (Fsp3) is 0.0385. The van der Waals surface area contributed by atoms with Gasteiger partial charge >= 0.3 is 0 Å². The second-order valence-electron chi connectivity index (χ2n) is 7.49. The van der Waals surface area contributed by atoms with Crippen LogP contribution in [-0.2, 0) is 0 Å². The van der Waals surface area contributed by atoms with Gasteiger partial charge in [-0.3, -0.25) is 8.97 Å². The van der Waals surface area contributed by atoms with Gasteiger partial charge in [-0.2, -0.15) is 0 Å². The summed E-state index contributed by atoms with van der Waals surface area (Å²) in [5, 5.41) is 2.36. The number of halogens is 1. The van der Waals surface area contributed by atoms with Crippen molar-refractivity contribution in [2.45, 2.75) is 0 Å². The number of rotatable bonds is 3. The normalized spacial score (nSPS) is 11.5. The van der Waals surface area contributed by atoms with E-state index in [0.717, 1.165) is 49.4 Å². The Hall–Kier alpha value is -3.57. The third-order valence-electron chi connectivity index (χ3n) is 5.73. The Morgan fingerprint density at radius 1 is 0.839 bits per heavy atom. The standard InChI is InChI=1S/C26H18BrN3O/c1-31-21-13-6-18(7-14-21)24-16-29-23-15-8-17-4-2-3-5-22(17)25(23)28-26(29)30(24)20-11-9-19(27)10-12-20/h2-16H,1H3. The Morgan fingerprint density at radius 2 is 1.61 bits per heavy atom. The molecule has 0 N–H and O–H groups in total. The number of ether oxygens (including phenoxy) is 1. The summed E-state index contributed by atoms with van der Waals surface area (Å²) in [5.74, 6) is 1.73. The molecule has 0 saturated heterocycles. The van der Waals surface area contributed by atoms with Crippen molar-refractivity contribution < 1.29 is 4.74 Å². The Morgan fingerprint density at radius 3 is 2.39 bits per heavy atom. The second kappa shape index (κ2) is 7.00. The molecule has 0 fully saturated rings. The van der Waals surface area contributed by atoms with E-state index in [1.54, 1.807) is 7.11 Å². The smallest absolute Gasteiger partial charge is 0.220 e. The SMILES string of the molecule is COc1ccc(-c2cn3c4ccc5ccccc5c4nc3n2-c2ccc(Br)cc2)cc1. The van der Waals surface area contributed by atoms with Crippen molar-refractivity contribution in [1.29, 1.82) is 0 Å². The minimum absolute atomic E-state index is 0.840. The molecule has 4 nitrogen and oxygen atoms in total. The van der Waals surface area contributed by atoms with E-state index in [0.29, 0.717) is 0 Å². The fourth-order valence-corrected chi connectivity index (χ4v) is 4.46. The molecule has 0 atom stereocenters. The highest BCUT2D eigenvalue weighted by molar-refractivity contribution is 9.10. The summed E-state index contributed by atoms with van der Waals surface area (Å²) in [4.78, 5) is 5.11. The van der Waals surface area contributed by atoms with E-state index in [9.17, 15) is 0 Å². The van der Waals surface area contributed by atoms with Gasteiger partial charge in [0, 0.05) is 27.3 Å². The molecule has 5 heteroatoms. The van der Waals surface area contributed by atoms with Crippen molar-refractivity contribution in [2.75, 3.05) is 7.11 Å². The highest BCUT2D eigenvalue weighted by Gasteiger charge is 2.18. The molecule has 2 aromatic heterocycles. The van der Waals surface area contributed by atoms with Crippen LogP contribution in [0.25, 0.3) is 44.5 Å². The quantitative estimate of drug-likeness (QED) is 0.284. The zero-order chi connectivity index (χ0) is 20.9. The lowest BCUT2D eigenvalue weighted by molar-refractivity contribution is 0.415. The van der Waals surface area contributed by atoms with Gasteiger partial charge in [0.2, 0.25) is 5.78 Å². The Bertz CT molecular complexity index is 1560. The average molecular weight is 468 g/mol. The van der Waals surface area contributed by atoms with Gasteiger partial charge in [0.25, 0.3) is 0 Å². The molecule has 0 aliphatic rings. The zero-order valence-corrected chi connectivity index (χ0v) is 18.4. The second-order valence-corrected chi connectivity index (χ2v) is 8.41. The van der Waals surface area contributed by atoms with Gasteiger partial charge in [-0.1, -0.05) is 46.3 Å². The van der Waals surface area contributed by atoms with Crippen LogP contribution >= 0.6 is 15.9 Å². The molecule has 6 aromatic rings. The predicted molar refractivity (Wildman–Crippen MR) is 129 cm³/mol. The van der Waals surface area contributed by atoms with Crippen molar-refractivity contribution in [3.05, 3.63) is 95.6 Å². The summed E-state index contributed by atoms with van der Waals surface area (Å²) in [6, 6.07) is 29.2. The summed E-state index contributed by atoms with van der Waals surface area (Å²) < 4.78 is 10.8. The topological polar surface area (TPSA) is 31.5 Å². The number of methoxy groups -OCH3 is 1. The van der Waals surface area contributed by atoms with Crippen LogP contribution in [0.3, 0.4) is 0 Å². The molecule has 0 aliphatic heterocycles. The van der Waals surface area contributed by atoms with Crippen LogP contribution in [0.4, 0.5) is 0 Å². The predicted octanol–water partition coefficient (Wildman–Crippen LogP) is 6.87. The van der Waals surface area contributed by atoms with E-state index in [1.807, 2.05) is 12.1 Å². The highest BCUT2D eigenvalue weighted by Crippen LogP contribution is 2.33. The number of hydrogen-bond donors (Lipinski definition) is 0. The Labute approximate surface area is 187 Å². The first kappa shape index (κ1) is 18.2. The van der Waals surface area contributed by atoms with Crippen LogP contribution < -0.4 is 4.74 Å². The maximum absolute atomic E-state index is 5.35. The summed E-state index contributed by atoms with van der Waals surface area (Å²) >= 11 is 3.55. The lowest BCUT2D eigenvalue weighted by Gasteiger charge is -2.10. The summed E-state index contributed by atoms with van der Waals surface area (Å²) in [5.41, 5.74) is 5.34. The van der Waals surface area contributed by atoms with Crippen molar-refractivity contribution >= 4 is 43.5 Å². The molecule has 0 unspecified atom stereocenters. The molecule has 31 heavy (non-hydrogen) atoms. The van der Waals surface area contributed by atoms with Gasteiger partial charge < -0.3 is 4.74 Å². The van der Waals surface area contributed by atoms with Crippen molar-refractivity contribution in [3.8, 4) is 22.7 Å². The molecular weight excluding hydrogens is 450 g/mol. The molecule has 6 rings (SSSR count). The van der Waals surface area contributed by atoms with Crippen LogP contribution in [0.1, 0.15) is 0 Å². The van der Waals surface area contributed by atoms with Crippen molar-refractivity contribution in [1.82, 2.24) is 14.0 Å². The number of hydrogen-bond acceptors (Lipinski definition) is 2. The largest absolute Gasteiger partial charge is 0.497 e. The molecule has 0 saturated carbocycles. The van der Waals surface area contributed by atoms with E-state index in [1.165, 1.54) is 5.39 Å². The molecular formula is C26H18BrN3O. The average Bonchev–Trinajstić information content (AvgIpc) is 3.36. The highest BCUT2D eigenvalue weighted by atomic mass is 79.9. The third kappa shape index (κ3) is 2.85. The number of benzene rings is 4. The lowest BCUT2D eigenvalue weighted by Crippen LogP contribution is -1.97. The van der Waals surface area contributed by atoms with E-state index < -0.39 is 0 Å². The molecule has 0 aliphatic carbocycles. The minimum atomic E-state index is 0.840. The molecule has 150 valence electrons. The van der Waals surface area contributed by atoms with Gasteiger partial charge in [0.15, 0.2) is 0 Å². The molecule has 4 aromatic carbocycles. The van der Waals surface area contributed by atoms with Gasteiger partial charge in [0.05, 0.1) is 23.8 Å². The zero-order valence-electron chi connectivity index (χ0n) is 16.8. The minimum Gasteiger partial charge on any atom is -0.497 e. The number of aromatic nitrogens is 3. The first-order chi connectivity index (χ1) is 15.2. The van der Waals surface area contributed by atoms with Crippen molar-refractivity contribution in [3.63, 3.8) is 0 Å². The molecule has 2 heterocycles. The Balaban J connectivity index is 1.69. The van der Waals surface area contributed by atoms with Gasteiger partial charge in [-0.05, 0) is 60.0 Å². The number of fused-ring (bicyclic) bond motifs is 5. The lowest BCUT2D eigenvalue weighted by atomic mass is 10.1. The van der Waals surface area contributed by atoms with E-state index >= 15 is 0 Å². The van der Waals surface area contributed by atoms with Crippen LogP contribution in [0.15, 0.2) is 95.6 Å². The number of imidazole rings is 2. The van der Waals surface area contributed by atoms with Crippen LogP contribution in [0.2, 0.25) is 0 Å². The van der Waals surface area contributed by atoms with E-state index in [-0.39, 0.29) is 0 Å². The van der Waals surface area contributed by atoms with E-state index in [2.05, 4.69) is 104 Å². The van der Waals surface area contributed by atoms with Crippen molar-refractivity contribution in [2.24, 2.45) is 0 Å². The van der Waals surface area contributed by atoms with Gasteiger partial charge in [-0.15, -0.1) is 0 Å². The maximum Gasteiger partial charge on any atom is 0.220 e. The van der Waals surface area contributed by atoms with Gasteiger partial charge in [-0.25, -0.2) is 4.98 Å². The van der Waals surface area contributed by atoms with E-state index in [4.69, 9.17) is 9.72 Å². The summed E-state index contributed by atoms with van der Waals surface area (Å²) in [6.07, 6.45) is 2.17. The first-order valence-electron chi connectivity index (χ1n) is 10.0. The summed E-state index contributed by atoms with van der Waals surface area (Å²) in [6.45, 7) is 0. The molecule has 0 spiro atoms. The number of nitrogens with zero attached hydrogens (tertiary/aromatic N) is 3. The Kier molecular flexibility index (Phi) is 4.11. The van der Waals surface area contributed by atoms with Crippen LogP contribution in [-0.4, -0.2) is 21.1 Å². The van der Waals surface area contributed by atoms with Crippen LogP contribution in [0.5, 0.6) is 5.75 Å². The third-order valence-corrected chi connectivity index (χ3v) is 6.26. The van der Waals surface area contributed by atoms with Crippen LogP contribution in [0, 0.1) is 0 Å². The monoisotopic (exact) mass is 467 g/mol. The van der Waals surface area contributed by atoms with Gasteiger partial charge in [0.1, 0.15) is 5.75 Å². The fourth-order valence-electron chi connectivity index (χ4n) is 4.20.